The number of rotatable bonds is 6. The van der Waals surface area contributed by atoms with Crippen LogP contribution in [0.4, 0.5) is 5.82 Å². The summed E-state index contributed by atoms with van der Waals surface area (Å²) in [5.41, 5.74) is 3.89. The van der Waals surface area contributed by atoms with Crippen LogP contribution in [0.3, 0.4) is 0 Å². The minimum Gasteiger partial charge on any atom is -0.493 e. The first-order valence-corrected chi connectivity index (χ1v) is 8.70. The average molecular weight is 352 g/mol. The van der Waals surface area contributed by atoms with Crippen LogP contribution in [0.1, 0.15) is 26.3 Å². The second-order valence-electron chi connectivity index (χ2n) is 6.37. The van der Waals surface area contributed by atoms with E-state index in [1.165, 1.54) is 5.56 Å². The Hall–Kier alpha value is -2.89. The lowest BCUT2D eigenvalue weighted by Gasteiger charge is -2.15. The molecule has 26 heavy (non-hydrogen) atoms. The molecule has 0 unspecified atom stereocenters. The van der Waals surface area contributed by atoms with Gasteiger partial charge < -0.3 is 14.8 Å². The molecule has 6 heteroatoms. The summed E-state index contributed by atoms with van der Waals surface area (Å²) in [7, 11) is 3.24. The monoisotopic (exact) mass is 352 g/mol. The van der Waals surface area contributed by atoms with Gasteiger partial charge in [-0.2, -0.15) is 10.2 Å². The van der Waals surface area contributed by atoms with Crippen molar-refractivity contribution in [1.82, 2.24) is 15.2 Å². The highest BCUT2D eigenvalue weighted by atomic mass is 16.5. The third kappa shape index (κ3) is 3.40. The van der Waals surface area contributed by atoms with Crippen LogP contribution in [0.2, 0.25) is 0 Å². The number of nitrogens with zero attached hydrogens (tertiary/aromatic N) is 3. The number of benzene rings is 1. The predicted octanol–water partition coefficient (Wildman–Crippen LogP) is 4.09. The van der Waals surface area contributed by atoms with Crippen LogP contribution in [-0.2, 0) is 6.42 Å². The van der Waals surface area contributed by atoms with E-state index < -0.39 is 0 Å². The van der Waals surface area contributed by atoms with Crippen molar-refractivity contribution in [1.29, 1.82) is 0 Å². The molecule has 3 rings (SSSR count). The summed E-state index contributed by atoms with van der Waals surface area (Å²) < 4.78 is 10.8. The fourth-order valence-electron chi connectivity index (χ4n) is 2.95. The molecule has 0 aliphatic heterocycles. The molecule has 0 saturated heterocycles. The van der Waals surface area contributed by atoms with Gasteiger partial charge in [-0.15, -0.1) is 0 Å². The summed E-state index contributed by atoms with van der Waals surface area (Å²) >= 11 is 0. The summed E-state index contributed by atoms with van der Waals surface area (Å²) in [4.78, 5) is 4.63. The minimum atomic E-state index is 0.332. The highest BCUT2D eigenvalue weighted by Gasteiger charge is 2.13. The van der Waals surface area contributed by atoms with Crippen molar-refractivity contribution in [2.75, 3.05) is 19.5 Å². The molecule has 1 aromatic carbocycles. The van der Waals surface area contributed by atoms with Gasteiger partial charge in [0.15, 0.2) is 11.5 Å². The standard InChI is InChI=1S/C20H24N4O2/c1-6-13-7-14(10-21-20(13)23-12(2)3)16-11-22-24-17-9-19(26-5)18(25-4)8-15(16)17/h7-12H,6H2,1-5H3,(H,21,23). The highest BCUT2D eigenvalue weighted by Crippen LogP contribution is 2.36. The van der Waals surface area contributed by atoms with Crippen molar-refractivity contribution in [3.8, 4) is 22.6 Å². The van der Waals surface area contributed by atoms with Crippen LogP contribution < -0.4 is 14.8 Å². The molecule has 0 aliphatic rings. The van der Waals surface area contributed by atoms with E-state index in [-0.39, 0.29) is 0 Å². The number of aromatic nitrogens is 3. The molecule has 2 aromatic heterocycles. The smallest absolute Gasteiger partial charge is 0.162 e. The molecule has 1 N–H and O–H groups in total. The Labute approximate surface area is 153 Å². The molecule has 136 valence electrons. The van der Waals surface area contributed by atoms with Crippen LogP contribution in [0.5, 0.6) is 11.5 Å². The Bertz CT molecular complexity index is 925. The molecule has 2 heterocycles. The van der Waals surface area contributed by atoms with Crippen LogP contribution in [-0.4, -0.2) is 35.4 Å². The van der Waals surface area contributed by atoms with Gasteiger partial charge in [-0.25, -0.2) is 4.98 Å². The Kier molecular flexibility index (Phi) is 5.21. The van der Waals surface area contributed by atoms with Gasteiger partial charge in [0.25, 0.3) is 0 Å². The third-order valence-electron chi connectivity index (χ3n) is 4.23. The fourth-order valence-corrected chi connectivity index (χ4v) is 2.95. The molecule has 3 aromatic rings. The van der Waals surface area contributed by atoms with Crippen molar-refractivity contribution in [2.45, 2.75) is 33.2 Å². The van der Waals surface area contributed by atoms with E-state index in [1.807, 2.05) is 18.3 Å². The zero-order valence-corrected chi connectivity index (χ0v) is 15.8. The van der Waals surface area contributed by atoms with Crippen molar-refractivity contribution in [3.63, 3.8) is 0 Å². The summed E-state index contributed by atoms with van der Waals surface area (Å²) in [6, 6.07) is 6.27. The van der Waals surface area contributed by atoms with Gasteiger partial charge in [0.1, 0.15) is 5.82 Å². The molecule has 0 bridgehead atoms. The van der Waals surface area contributed by atoms with E-state index >= 15 is 0 Å². The number of pyridine rings is 1. The minimum absolute atomic E-state index is 0.332. The topological polar surface area (TPSA) is 69.2 Å². The number of nitrogens with one attached hydrogen (secondary N) is 1. The molecule has 0 aliphatic carbocycles. The van der Waals surface area contributed by atoms with Gasteiger partial charge in [0.2, 0.25) is 0 Å². The fraction of sp³-hybridized carbons (Fsp3) is 0.350. The highest BCUT2D eigenvalue weighted by molar-refractivity contribution is 5.95. The largest absolute Gasteiger partial charge is 0.493 e. The van der Waals surface area contributed by atoms with Gasteiger partial charge >= 0.3 is 0 Å². The third-order valence-corrected chi connectivity index (χ3v) is 4.23. The molecular weight excluding hydrogens is 328 g/mol. The number of hydrogen-bond acceptors (Lipinski definition) is 6. The SMILES string of the molecule is CCc1cc(-c2cnnc3cc(OC)c(OC)cc23)cnc1NC(C)C. The van der Waals surface area contributed by atoms with E-state index in [0.29, 0.717) is 17.5 Å². The quantitative estimate of drug-likeness (QED) is 0.720. The summed E-state index contributed by atoms with van der Waals surface area (Å²) in [6.45, 7) is 6.34. The lowest BCUT2D eigenvalue weighted by atomic mass is 10.0. The van der Waals surface area contributed by atoms with Crippen molar-refractivity contribution in [2.24, 2.45) is 0 Å². The van der Waals surface area contributed by atoms with Crippen molar-refractivity contribution >= 4 is 16.7 Å². The molecule has 0 radical (unpaired) electrons. The van der Waals surface area contributed by atoms with E-state index in [1.54, 1.807) is 20.4 Å². The van der Waals surface area contributed by atoms with Gasteiger partial charge in [-0.3, -0.25) is 0 Å². The first kappa shape index (κ1) is 17.9. The van der Waals surface area contributed by atoms with E-state index in [9.17, 15) is 0 Å². The average Bonchev–Trinajstić information content (AvgIpc) is 2.66. The number of fused-ring (bicyclic) bond motifs is 1. The summed E-state index contributed by atoms with van der Waals surface area (Å²) in [6.07, 6.45) is 4.53. The number of anilines is 1. The van der Waals surface area contributed by atoms with Gasteiger partial charge in [0.05, 0.1) is 25.9 Å². The Morgan fingerprint density at radius 1 is 1.04 bits per heavy atom. The van der Waals surface area contributed by atoms with E-state index in [0.717, 1.165) is 34.3 Å². The second-order valence-corrected chi connectivity index (χ2v) is 6.37. The second kappa shape index (κ2) is 7.56. The van der Waals surface area contributed by atoms with Crippen molar-refractivity contribution in [3.05, 3.63) is 36.2 Å². The predicted molar refractivity (Wildman–Crippen MR) is 104 cm³/mol. The lowest BCUT2D eigenvalue weighted by Crippen LogP contribution is -2.12. The summed E-state index contributed by atoms with van der Waals surface area (Å²) in [5, 5.41) is 12.7. The molecule has 0 saturated carbocycles. The number of ether oxygens (including phenoxy) is 2. The Balaban J connectivity index is 2.16. The van der Waals surface area contributed by atoms with Crippen molar-refractivity contribution < 1.29 is 9.47 Å². The Morgan fingerprint density at radius 2 is 1.77 bits per heavy atom. The van der Waals surface area contributed by atoms with E-state index in [4.69, 9.17) is 9.47 Å². The van der Waals surface area contributed by atoms with E-state index in [2.05, 4.69) is 47.3 Å². The molecular formula is C20H24N4O2. The Morgan fingerprint density at radius 3 is 2.42 bits per heavy atom. The van der Waals surface area contributed by atoms with Crippen LogP contribution in [0.15, 0.2) is 30.6 Å². The molecule has 0 atom stereocenters. The first-order chi connectivity index (χ1) is 12.6. The van der Waals surface area contributed by atoms with Crippen LogP contribution in [0.25, 0.3) is 22.0 Å². The number of aryl methyl sites for hydroxylation is 1. The zero-order valence-electron chi connectivity index (χ0n) is 15.8. The molecule has 0 amide bonds. The lowest BCUT2D eigenvalue weighted by molar-refractivity contribution is 0.356. The zero-order chi connectivity index (χ0) is 18.7. The maximum absolute atomic E-state index is 5.44. The summed E-state index contributed by atoms with van der Waals surface area (Å²) in [5.74, 6) is 2.23. The number of hydrogen-bond donors (Lipinski definition) is 1. The molecule has 0 fully saturated rings. The maximum Gasteiger partial charge on any atom is 0.162 e. The molecule has 0 spiro atoms. The van der Waals surface area contributed by atoms with Gasteiger partial charge in [0, 0.05) is 34.8 Å². The van der Waals surface area contributed by atoms with Crippen LogP contribution >= 0.6 is 0 Å². The number of methoxy groups -OCH3 is 2. The first-order valence-electron chi connectivity index (χ1n) is 8.70. The maximum atomic E-state index is 5.44. The molecule has 6 nitrogen and oxygen atoms in total. The normalized spacial score (nSPS) is 11.0. The van der Waals surface area contributed by atoms with Gasteiger partial charge in [-0.05, 0) is 38.0 Å². The van der Waals surface area contributed by atoms with Gasteiger partial charge in [-0.1, -0.05) is 6.92 Å². The van der Waals surface area contributed by atoms with Crippen LogP contribution in [0, 0.1) is 0 Å².